The number of aliphatic hydroxyl groups is 1. The Bertz CT molecular complexity index is 257. The molecule has 1 aliphatic carbocycles. The molecule has 1 aromatic rings. The highest BCUT2D eigenvalue weighted by Crippen LogP contribution is 2.25. The zero-order chi connectivity index (χ0) is 9.26. The van der Waals surface area contributed by atoms with Crippen LogP contribution in [-0.2, 0) is 6.54 Å². The molecule has 1 saturated carbocycles. The van der Waals surface area contributed by atoms with Gasteiger partial charge in [0.15, 0.2) is 0 Å². The SMILES string of the molecule is CN(Cc1cncs1)C1CC(O)C1. The molecule has 0 amide bonds. The lowest BCUT2D eigenvalue weighted by Crippen LogP contribution is -2.44. The van der Waals surface area contributed by atoms with Gasteiger partial charge >= 0.3 is 0 Å². The monoisotopic (exact) mass is 198 g/mol. The summed E-state index contributed by atoms with van der Waals surface area (Å²) in [6.07, 6.45) is 3.70. The zero-order valence-corrected chi connectivity index (χ0v) is 8.50. The molecule has 0 atom stereocenters. The molecular weight excluding hydrogens is 184 g/mol. The van der Waals surface area contributed by atoms with E-state index in [1.54, 1.807) is 11.3 Å². The van der Waals surface area contributed by atoms with Gasteiger partial charge in [0.05, 0.1) is 11.6 Å². The van der Waals surface area contributed by atoms with Gasteiger partial charge < -0.3 is 5.11 Å². The van der Waals surface area contributed by atoms with Gasteiger partial charge in [-0.1, -0.05) is 0 Å². The first kappa shape index (κ1) is 9.12. The number of rotatable bonds is 3. The van der Waals surface area contributed by atoms with Crippen molar-refractivity contribution in [1.82, 2.24) is 9.88 Å². The molecular formula is C9H14N2OS. The Morgan fingerprint density at radius 1 is 1.69 bits per heavy atom. The van der Waals surface area contributed by atoms with Gasteiger partial charge in [0.2, 0.25) is 0 Å². The quantitative estimate of drug-likeness (QED) is 0.790. The molecule has 0 saturated heterocycles. The lowest BCUT2D eigenvalue weighted by molar-refractivity contribution is 0.00960. The van der Waals surface area contributed by atoms with Gasteiger partial charge in [0.25, 0.3) is 0 Å². The average Bonchev–Trinajstić information content (AvgIpc) is 2.51. The summed E-state index contributed by atoms with van der Waals surface area (Å²) in [6, 6.07) is 0.567. The van der Waals surface area contributed by atoms with E-state index in [-0.39, 0.29) is 6.10 Å². The number of aromatic nitrogens is 1. The second-order valence-electron chi connectivity index (χ2n) is 3.66. The predicted molar refractivity (Wildman–Crippen MR) is 52.6 cm³/mol. The van der Waals surface area contributed by atoms with Crippen LogP contribution in [0.1, 0.15) is 17.7 Å². The summed E-state index contributed by atoms with van der Waals surface area (Å²) >= 11 is 1.69. The van der Waals surface area contributed by atoms with Crippen molar-refractivity contribution >= 4 is 11.3 Å². The maximum Gasteiger partial charge on any atom is 0.0794 e. The summed E-state index contributed by atoms with van der Waals surface area (Å²) in [5, 5.41) is 9.16. The molecule has 0 aromatic carbocycles. The van der Waals surface area contributed by atoms with Gasteiger partial charge in [0.1, 0.15) is 0 Å². The van der Waals surface area contributed by atoms with E-state index in [4.69, 9.17) is 5.11 Å². The molecule has 2 rings (SSSR count). The molecule has 3 nitrogen and oxygen atoms in total. The van der Waals surface area contributed by atoms with E-state index in [2.05, 4.69) is 16.9 Å². The minimum absolute atomic E-state index is 0.0612. The Morgan fingerprint density at radius 3 is 3.00 bits per heavy atom. The fourth-order valence-corrected chi connectivity index (χ4v) is 2.27. The molecule has 0 unspecified atom stereocenters. The van der Waals surface area contributed by atoms with Crippen molar-refractivity contribution in [2.75, 3.05) is 7.05 Å². The molecule has 0 spiro atoms. The first-order valence-corrected chi connectivity index (χ1v) is 5.39. The van der Waals surface area contributed by atoms with Gasteiger partial charge in [-0.3, -0.25) is 9.88 Å². The number of thiazole rings is 1. The van der Waals surface area contributed by atoms with Crippen LogP contribution in [0.4, 0.5) is 0 Å². The van der Waals surface area contributed by atoms with E-state index in [0.717, 1.165) is 19.4 Å². The molecule has 1 fully saturated rings. The van der Waals surface area contributed by atoms with Crippen LogP contribution in [0.2, 0.25) is 0 Å². The normalized spacial score (nSPS) is 27.6. The van der Waals surface area contributed by atoms with Crippen LogP contribution in [-0.4, -0.2) is 34.2 Å². The van der Waals surface area contributed by atoms with Crippen molar-refractivity contribution in [2.45, 2.75) is 31.5 Å². The van der Waals surface area contributed by atoms with Crippen LogP contribution in [0.25, 0.3) is 0 Å². The van der Waals surface area contributed by atoms with E-state index in [1.165, 1.54) is 4.88 Å². The Hall–Kier alpha value is -0.450. The van der Waals surface area contributed by atoms with E-state index in [9.17, 15) is 0 Å². The molecule has 0 aliphatic heterocycles. The topological polar surface area (TPSA) is 36.4 Å². The van der Waals surface area contributed by atoms with Gasteiger partial charge in [-0.25, -0.2) is 0 Å². The van der Waals surface area contributed by atoms with Crippen LogP contribution in [0.15, 0.2) is 11.7 Å². The first-order chi connectivity index (χ1) is 6.25. The molecule has 1 heterocycles. The Morgan fingerprint density at radius 2 is 2.46 bits per heavy atom. The summed E-state index contributed by atoms with van der Waals surface area (Å²) in [5.74, 6) is 0. The molecule has 13 heavy (non-hydrogen) atoms. The Kier molecular flexibility index (Phi) is 2.62. The fourth-order valence-electron chi connectivity index (χ4n) is 1.61. The van der Waals surface area contributed by atoms with Gasteiger partial charge in [0, 0.05) is 23.7 Å². The lowest BCUT2D eigenvalue weighted by atomic mass is 9.88. The van der Waals surface area contributed by atoms with Crippen LogP contribution in [0, 0.1) is 0 Å². The molecule has 4 heteroatoms. The summed E-state index contributed by atoms with van der Waals surface area (Å²) in [4.78, 5) is 7.62. The fraction of sp³-hybridized carbons (Fsp3) is 0.667. The van der Waals surface area contributed by atoms with E-state index >= 15 is 0 Å². The Balaban J connectivity index is 1.82. The average molecular weight is 198 g/mol. The molecule has 1 aromatic heterocycles. The third-order valence-corrected chi connectivity index (χ3v) is 3.36. The highest BCUT2D eigenvalue weighted by Gasteiger charge is 2.30. The minimum atomic E-state index is -0.0612. The predicted octanol–water partition coefficient (Wildman–Crippen LogP) is 1.10. The van der Waals surface area contributed by atoms with Crippen molar-refractivity contribution in [2.24, 2.45) is 0 Å². The second kappa shape index (κ2) is 3.74. The highest BCUT2D eigenvalue weighted by atomic mass is 32.1. The second-order valence-corrected chi connectivity index (χ2v) is 4.63. The molecule has 1 aliphatic rings. The zero-order valence-electron chi connectivity index (χ0n) is 7.68. The number of nitrogens with zero attached hydrogens (tertiary/aromatic N) is 2. The van der Waals surface area contributed by atoms with Gasteiger partial charge in [-0.05, 0) is 19.9 Å². The number of hydrogen-bond donors (Lipinski definition) is 1. The molecule has 0 radical (unpaired) electrons. The van der Waals surface area contributed by atoms with Crippen molar-refractivity contribution in [3.8, 4) is 0 Å². The van der Waals surface area contributed by atoms with E-state index in [1.807, 2.05) is 11.7 Å². The van der Waals surface area contributed by atoms with Crippen molar-refractivity contribution in [1.29, 1.82) is 0 Å². The molecule has 72 valence electrons. The maximum atomic E-state index is 9.16. The van der Waals surface area contributed by atoms with Crippen molar-refractivity contribution in [3.05, 3.63) is 16.6 Å². The first-order valence-electron chi connectivity index (χ1n) is 4.51. The highest BCUT2D eigenvalue weighted by molar-refractivity contribution is 7.09. The summed E-state index contributed by atoms with van der Waals surface area (Å²) in [7, 11) is 2.11. The largest absolute Gasteiger partial charge is 0.393 e. The van der Waals surface area contributed by atoms with Crippen LogP contribution in [0.3, 0.4) is 0 Å². The number of hydrogen-bond acceptors (Lipinski definition) is 4. The lowest BCUT2D eigenvalue weighted by Gasteiger charge is -2.38. The van der Waals surface area contributed by atoms with Crippen molar-refractivity contribution in [3.63, 3.8) is 0 Å². The minimum Gasteiger partial charge on any atom is -0.393 e. The van der Waals surface area contributed by atoms with Gasteiger partial charge in [-0.15, -0.1) is 11.3 Å². The van der Waals surface area contributed by atoms with Crippen LogP contribution >= 0.6 is 11.3 Å². The van der Waals surface area contributed by atoms with Crippen LogP contribution < -0.4 is 0 Å². The standard InChI is InChI=1S/C9H14N2OS/c1-11(7-2-8(12)3-7)5-9-4-10-6-13-9/h4,6-8,12H,2-3,5H2,1H3. The third kappa shape index (κ3) is 2.07. The van der Waals surface area contributed by atoms with Crippen LogP contribution in [0.5, 0.6) is 0 Å². The molecule has 1 N–H and O–H groups in total. The number of aliphatic hydroxyl groups excluding tert-OH is 1. The maximum absolute atomic E-state index is 9.16. The smallest absolute Gasteiger partial charge is 0.0794 e. The molecule has 0 bridgehead atoms. The van der Waals surface area contributed by atoms with Gasteiger partial charge in [-0.2, -0.15) is 0 Å². The summed E-state index contributed by atoms with van der Waals surface area (Å²) in [5.41, 5.74) is 1.86. The summed E-state index contributed by atoms with van der Waals surface area (Å²) in [6.45, 7) is 0.960. The third-order valence-electron chi connectivity index (χ3n) is 2.60. The van der Waals surface area contributed by atoms with Crippen molar-refractivity contribution < 1.29 is 5.11 Å². The summed E-state index contributed by atoms with van der Waals surface area (Å²) < 4.78 is 0. The van der Waals surface area contributed by atoms with E-state index < -0.39 is 0 Å². The van der Waals surface area contributed by atoms with E-state index in [0.29, 0.717) is 6.04 Å². The Labute approximate surface area is 82.0 Å².